The average Bonchev–Trinajstić information content (AvgIpc) is 3.33. The van der Waals surface area contributed by atoms with Crippen LogP contribution in [-0.4, -0.2) is 19.4 Å². The number of hydrogen-bond donors (Lipinski definition) is 0. The van der Waals surface area contributed by atoms with Crippen molar-refractivity contribution in [3.8, 4) is 5.82 Å². The molecule has 0 saturated heterocycles. The lowest BCUT2D eigenvalue weighted by molar-refractivity contribution is -0.639. The van der Waals surface area contributed by atoms with E-state index in [1.165, 1.54) is 44.1 Å². The lowest BCUT2D eigenvalue weighted by Gasteiger charge is -2.43. The van der Waals surface area contributed by atoms with Gasteiger partial charge in [0, 0.05) is 16.2 Å². The van der Waals surface area contributed by atoms with Gasteiger partial charge in [0.05, 0.1) is 24.8 Å². The van der Waals surface area contributed by atoms with Crippen LogP contribution in [0.3, 0.4) is 0 Å². The fourth-order valence-corrected chi connectivity index (χ4v) is 5.55. The molecule has 30 heavy (non-hydrogen) atoms. The zero-order valence-electron chi connectivity index (χ0n) is 18.4. The predicted molar refractivity (Wildman–Crippen MR) is 119 cm³/mol. The number of nitrogens with zero attached hydrogens (tertiary/aromatic N) is 5. The van der Waals surface area contributed by atoms with Crippen LogP contribution in [0.4, 0.5) is 0 Å². The molecule has 6 rings (SSSR count). The number of rotatable bonds is 1. The summed E-state index contributed by atoms with van der Waals surface area (Å²) in [6.45, 7) is 11.6. The van der Waals surface area contributed by atoms with Gasteiger partial charge in [-0.25, -0.2) is 8.97 Å². The molecule has 4 heterocycles. The van der Waals surface area contributed by atoms with E-state index < -0.39 is 0 Å². The number of aromatic nitrogens is 5. The normalized spacial score (nSPS) is 16.9. The fourth-order valence-electron chi connectivity index (χ4n) is 5.55. The molecule has 150 valence electrons. The van der Waals surface area contributed by atoms with E-state index >= 15 is 0 Å². The molecule has 1 aliphatic rings. The number of pyridine rings is 1. The van der Waals surface area contributed by atoms with Gasteiger partial charge in [-0.2, -0.15) is 0 Å². The molecule has 0 bridgehead atoms. The average molecular weight is 397 g/mol. The van der Waals surface area contributed by atoms with E-state index in [-0.39, 0.29) is 10.8 Å². The summed E-state index contributed by atoms with van der Waals surface area (Å²) in [5, 5.41) is 13.0. The number of fused-ring (bicyclic) bond motifs is 3. The minimum Gasteiger partial charge on any atom is -0.228 e. The van der Waals surface area contributed by atoms with Crippen molar-refractivity contribution in [2.75, 3.05) is 0 Å². The van der Waals surface area contributed by atoms with Crippen molar-refractivity contribution < 1.29 is 4.57 Å². The maximum atomic E-state index is 4.54. The molecular formula is C25H26N5+. The van der Waals surface area contributed by atoms with Gasteiger partial charge >= 0.3 is 5.82 Å². The van der Waals surface area contributed by atoms with Crippen molar-refractivity contribution in [3.05, 3.63) is 65.6 Å². The highest BCUT2D eigenvalue weighted by atomic mass is 15.5. The summed E-state index contributed by atoms with van der Waals surface area (Å²) in [4.78, 5) is 1.78. The van der Waals surface area contributed by atoms with Gasteiger partial charge in [0.25, 0.3) is 0 Å². The highest BCUT2D eigenvalue weighted by molar-refractivity contribution is 6.13. The van der Waals surface area contributed by atoms with E-state index in [0.717, 1.165) is 5.82 Å². The van der Waals surface area contributed by atoms with E-state index in [9.17, 15) is 0 Å². The molecule has 5 aromatic rings. The minimum absolute atomic E-state index is 0.0692. The molecule has 0 aliphatic carbocycles. The first-order valence-corrected chi connectivity index (χ1v) is 10.5. The van der Waals surface area contributed by atoms with Crippen molar-refractivity contribution in [3.63, 3.8) is 0 Å². The maximum Gasteiger partial charge on any atom is 0.310 e. The van der Waals surface area contributed by atoms with E-state index in [2.05, 4.69) is 97.2 Å². The highest BCUT2D eigenvalue weighted by Crippen LogP contribution is 2.52. The van der Waals surface area contributed by atoms with Crippen LogP contribution in [0.25, 0.3) is 33.1 Å². The van der Waals surface area contributed by atoms with Crippen molar-refractivity contribution in [1.82, 2.24) is 19.4 Å². The molecular weight excluding hydrogens is 370 g/mol. The van der Waals surface area contributed by atoms with E-state index in [0.29, 0.717) is 0 Å². The van der Waals surface area contributed by atoms with Crippen molar-refractivity contribution in [2.24, 2.45) is 7.05 Å². The Balaban J connectivity index is 2.05. The Morgan fingerprint density at radius 2 is 1.53 bits per heavy atom. The Kier molecular flexibility index (Phi) is 3.10. The summed E-state index contributed by atoms with van der Waals surface area (Å²) in [5.41, 5.74) is 6.23. The van der Waals surface area contributed by atoms with Crippen LogP contribution in [0.2, 0.25) is 0 Å². The third-order valence-corrected chi connectivity index (χ3v) is 7.76. The zero-order valence-corrected chi connectivity index (χ0v) is 18.4. The number of aryl methyl sites for hydroxylation is 2. The van der Waals surface area contributed by atoms with Crippen LogP contribution in [0.5, 0.6) is 0 Å². The summed E-state index contributed by atoms with van der Waals surface area (Å²) in [7, 11) is 2.15. The molecule has 0 radical (unpaired) electrons. The Bertz CT molecular complexity index is 1500. The van der Waals surface area contributed by atoms with Gasteiger partial charge in [0.15, 0.2) is 5.69 Å². The molecule has 0 unspecified atom stereocenters. The third kappa shape index (κ3) is 1.78. The van der Waals surface area contributed by atoms with Crippen LogP contribution in [0.1, 0.15) is 44.5 Å². The maximum absolute atomic E-state index is 4.54. The topological polar surface area (TPSA) is 39.0 Å². The Morgan fingerprint density at radius 3 is 2.27 bits per heavy atom. The number of para-hydroxylation sites is 1. The van der Waals surface area contributed by atoms with Gasteiger partial charge in [-0.1, -0.05) is 74.3 Å². The summed E-state index contributed by atoms with van der Waals surface area (Å²) in [5.74, 6) is 1.03. The predicted octanol–water partition coefficient (Wildman–Crippen LogP) is 4.53. The van der Waals surface area contributed by atoms with Crippen molar-refractivity contribution in [1.29, 1.82) is 0 Å². The van der Waals surface area contributed by atoms with Crippen LogP contribution < -0.4 is 4.57 Å². The largest absolute Gasteiger partial charge is 0.310 e. The number of hydrogen-bond acceptors (Lipinski definition) is 2. The van der Waals surface area contributed by atoms with E-state index in [1.54, 1.807) is 17.2 Å². The van der Waals surface area contributed by atoms with Crippen molar-refractivity contribution >= 4 is 27.3 Å². The molecule has 0 N–H and O–H groups in total. The highest BCUT2D eigenvalue weighted by Gasteiger charge is 2.52. The SMILES string of the molecule is Cc1cccc2c3cccc4c3n3c(c(-n5nccn5)[n+](C)c3c12)C(C)(C)C4(C)C. The molecule has 5 heteroatoms. The van der Waals surface area contributed by atoms with Crippen LogP contribution in [0, 0.1) is 6.92 Å². The minimum atomic E-state index is -0.141. The van der Waals surface area contributed by atoms with E-state index in [4.69, 9.17) is 0 Å². The molecule has 0 fully saturated rings. The second kappa shape index (κ2) is 5.28. The third-order valence-electron chi connectivity index (χ3n) is 7.76. The van der Waals surface area contributed by atoms with Gasteiger partial charge in [0.2, 0.25) is 5.65 Å². The molecule has 0 amide bonds. The molecule has 1 aliphatic heterocycles. The quantitative estimate of drug-likeness (QED) is 0.308. The molecule has 2 aromatic carbocycles. The van der Waals surface area contributed by atoms with Gasteiger partial charge in [-0.3, -0.25) is 0 Å². The van der Waals surface area contributed by atoms with Crippen molar-refractivity contribution in [2.45, 2.75) is 45.4 Å². The zero-order chi connectivity index (χ0) is 21.0. The Morgan fingerprint density at radius 1 is 0.867 bits per heavy atom. The monoisotopic (exact) mass is 396 g/mol. The van der Waals surface area contributed by atoms with Crippen LogP contribution in [-0.2, 0) is 17.9 Å². The lowest BCUT2D eigenvalue weighted by Crippen LogP contribution is -2.45. The summed E-state index contributed by atoms with van der Waals surface area (Å²) >= 11 is 0. The smallest absolute Gasteiger partial charge is 0.228 e. The lowest BCUT2D eigenvalue weighted by atomic mass is 9.60. The second-order valence-electron chi connectivity index (χ2n) is 9.66. The van der Waals surface area contributed by atoms with Crippen LogP contribution >= 0.6 is 0 Å². The molecule has 0 spiro atoms. The molecule has 3 aromatic heterocycles. The standard InChI is InChI=1S/C25H26N5/c1-15-9-7-10-16-17-11-8-12-18-20(17)29-21(25(4,5)24(18,2)3)23(30-26-13-14-27-30)28(6)22(29)19(15)16/h7-14H,1-6H3/q+1. The first kappa shape index (κ1) is 17.6. The molecule has 5 nitrogen and oxygen atoms in total. The van der Waals surface area contributed by atoms with Gasteiger partial charge in [-0.05, 0) is 28.2 Å². The number of benzene rings is 2. The first-order valence-electron chi connectivity index (χ1n) is 10.5. The van der Waals surface area contributed by atoms with Gasteiger partial charge < -0.3 is 0 Å². The Labute approximate surface area is 175 Å². The van der Waals surface area contributed by atoms with Crippen LogP contribution in [0.15, 0.2) is 48.8 Å². The van der Waals surface area contributed by atoms with Gasteiger partial charge in [0.1, 0.15) is 5.52 Å². The van der Waals surface area contributed by atoms with E-state index in [1.807, 2.05) is 0 Å². The summed E-state index contributed by atoms with van der Waals surface area (Å²) < 4.78 is 4.77. The Hall–Kier alpha value is -3.21. The molecule has 0 saturated carbocycles. The summed E-state index contributed by atoms with van der Waals surface area (Å²) in [6.07, 6.45) is 3.51. The molecule has 0 atom stereocenters. The second-order valence-corrected chi connectivity index (χ2v) is 9.66. The fraction of sp³-hybridized carbons (Fsp3) is 0.320. The first-order chi connectivity index (χ1) is 14.3. The number of imidazole rings is 1. The van der Waals surface area contributed by atoms with Gasteiger partial charge in [-0.15, -0.1) is 0 Å². The summed E-state index contributed by atoms with van der Waals surface area (Å²) in [6, 6.07) is 13.4.